The highest BCUT2D eigenvalue weighted by Gasteiger charge is 2.27. The van der Waals surface area contributed by atoms with E-state index in [-0.39, 0.29) is 17.3 Å². The second-order valence-corrected chi connectivity index (χ2v) is 8.56. The quantitative estimate of drug-likeness (QED) is 0.457. The van der Waals surface area contributed by atoms with Crippen LogP contribution in [0.25, 0.3) is 21.8 Å². The van der Waals surface area contributed by atoms with Crippen molar-refractivity contribution in [3.63, 3.8) is 0 Å². The molecule has 1 saturated heterocycles. The van der Waals surface area contributed by atoms with Crippen LogP contribution in [0.2, 0.25) is 0 Å². The standard InChI is InChI=1S/C26H27FN4O3/c1-28-21-9-5-3-7-18(21)23-19(17-31(15-16-34-2)26(33)24(23)28)25(32)30-13-11-29(12-14-30)22-10-6-4-8-20(22)27/h3-10,17H,11-16H2,1-2H3. The van der Waals surface area contributed by atoms with E-state index in [0.717, 1.165) is 10.9 Å². The number of nitrogens with zero attached hydrogens (tertiary/aromatic N) is 4. The van der Waals surface area contributed by atoms with Gasteiger partial charge < -0.3 is 23.7 Å². The molecule has 0 atom stereocenters. The smallest absolute Gasteiger partial charge is 0.275 e. The Morgan fingerprint density at radius 2 is 1.74 bits per heavy atom. The summed E-state index contributed by atoms with van der Waals surface area (Å²) in [5.74, 6) is -0.384. The summed E-state index contributed by atoms with van der Waals surface area (Å²) >= 11 is 0. The minimum absolute atomic E-state index is 0.124. The number of carbonyl (C=O) groups excluding carboxylic acids is 1. The fraction of sp³-hybridized carbons (Fsp3) is 0.308. The number of hydrogen-bond acceptors (Lipinski definition) is 4. The van der Waals surface area contributed by atoms with Gasteiger partial charge in [-0.15, -0.1) is 0 Å². The molecule has 7 nitrogen and oxygen atoms in total. The third-order valence-corrected chi connectivity index (χ3v) is 6.65. The first-order chi connectivity index (χ1) is 16.5. The van der Waals surface area contributed by atoms with Gasteiger partial charge in [0, 0.05) is 69.4 Å². The van der Waals surface area contributed by atoms with Crippen LogP contribution in [0.3, 0.4) is 0 Å². The molecule has 2 aromatic carbocycles. The van der Waals surface area contributed by atoms with Gasteiger partial charge in [0.15, 0.2) is 0 Å². The fourth-order valence-corrected chi connectivity index (χ4v) is 4.88. The van der Waals surface area contributed by atoms with Gasteiger partial charge >= 0.3 is 0 Å². The third kappa shape index (κ3) is 3.64. The van der Waals surface area contributed by atoms with E-state index in [9.17, 15) is 14.0 Å². The number of benzene rings is 2. The fourth-order valence-electron chi connectivity index (χ4n) is 4.88. The summed E-state index contributed by atoms with van der Waals surface area (Å²) < 4.78 is 22.8. The molecule has 5 rings (SSSR count). The van der Waals surface area contributed by atoms with E-state index < -0.39 is 0 Å². The maximum atomic E-state index is 14.2. The average molecular weight is 463 g/mol. The molecule has 2 aromatic heterocycles. The SMILES string of the molecule is COCCn1cc(C(=O)N2CCN(c3ccccc3F)CC2)c2c3ccccc3n(C)c2c1=O. The normalized spacial score (nSPS) is 14.3. The van der Waals surface area contributed by atoms with Crippen LogP contribution in [0.4, 0.5) is 10.1 Å². The van der Waals surface area contributed by atoms with Gasteiger partial charge in [0.05, 0.1) is 17.9 Å². The largest absolute Gasteiger partial charge is 0.383 e. The topological polar surface area (TPSA) is 59.7 Å². The van der Waals surface area contributed by atoms with Gasteiger partial charge in [-0.05, 0) is 18.2 Å². The van der Waals surface area contributed by atoms with E-state index in [1.165, 1.54) is 6.07 Å². The number of methoxy groups -OCH3 is 1. The lowest BCUT2D eigenvalue weighted by molar-refractivity contribution is 0.0747. The van der Waals surface area contributed by atoms with Gasteiger partial charge in [-0.2, -0.15) is 0 Å². The Morgan fingerprint density at radius 1 is 1.03 bits per heavy atom. The maximum absolute atomic E-state index is 14.2. The summed E-state index contributed by atoms with van der Waals surface area (Å²) in [4.78, 5) is 30.9. The Labute approximate surface area is 196 Å². The van der Waals surface area contributed by atoms with Crippen molar-refractivity contribution in [2.75, 3.05) is 44.8 Å². The Balaban J connectivity index is 1.54. The summed E-state index contributed by atoms with van der Waals surface area (Å²) in [6.07, 6.45) is 1.67. The predicted octanol–water partition coefficient (Wildman–Crippen LogP) is 3.24. The Hall–Kier alpha value is -3.65. The van der Waals surface area contributed by atoms with Crippen molar-refractivity contribution in [2.24, 2.45) is 7.05 Å². The van der Waals surface area contributed by atoms with Crippen molar-refractivity contribution in [2.45, 2.75) is 6.54 Å². The number of carbonyl (C=O) groups is 1. The number of piperazine rings is 1. The van der Waals surface area contributed by atoms with Crippen LogP contribution in [-0.2, 0) is 18.3 Å². The first kappa shape index (κ1) is 22.2. The highest BCUT2D eigenvalue weighted by molar-refractivity contribution is 6.17. The van der Waals surface area contributed by atoms with E-state index >= 15 is 0 Å². The summed E-state index contributed by atoms with van der Waals surface area (Å²) in [7, 11) is 3.44. The predicted molar refractivity (Wildman–Crippen MR) is 131 cm³/mol. The number of anilines is 1. The molecule has 0 unspecified atom stereocenters. The monoisotopic (exact) mass is 462 g/mol. The number of aryl methyl sites for hydroxylation is 1. The summed E-state index contributed by atoms with van der Waals surface area (Å²) in [6, 6.07) is 14.4. The molecule has 1 fully saturated rings. The molecule has 8 heteroatoms. The zero-order valence-electron chi connectivity index (χ0n) is 19.3. The molecule has 0 aliphatic carbocycles. The lowest BCUT2D eigenvalue weighted by atomic mass is 10.1. The molecule has 0 saturated carbocycles. The van der Waals surface area contributed by atoms with Crippen LogP contribution < -0.4 is 10.5 Å². The van der Waals surface area contributed by atoms with Gasteiger partial charge in [-0.3, -0.25) is 9.59 Å². The van der Waals surface area contributed by atoms with E-state index in [2.05, 4.69) is 0 Å². The first-order valence-electron chi connectivity index (χ1n) is 11.4. The van der Waals surface area contributed by atoms with Crippen molar-refractivity contribution in [1.82, 2.24) is 14.0 Å². The second kappa shape index (κ2) is 8.95. The molecule has 1 aliphatic heterocycles. The molecule has 1 amide bonds. The Kier molecular flexibility index (Phi) is 5.83. The number of ether oxygens (including phenoxy) is 1. The molecule has 4 aromatic rings. The molecular weight excluding hydrogens is 435 g/mol. The minimum atomic E-state index is -0.259. The molecular formula is C26H27FN4O3. The number of fused-ring (bicyclic) bond motifs is 3. The molecule has 0 bridgehead atoms. The van der Waals surface area contributed by atoms with Crippen LogP contribution in [-0.4, -0.2) is 59.8 Å². The lowest BCUT2D eigenvalue weighted by Gasteiger charge is -2.36. The lowest BCUT2D eigenvalue weighted by Crippen LogP contribution is -2.49. The summed E-state index contributed by atoms with van der Waals surface area (Å²) in [5.41, 5.74) is 2.32. The van der Waals surface area contributed by atoms with Gasteiger partial charge in [0.25, 0.3) is 11.5 Å². The molecule has 176 valence electrons. The second-order valence-electron chi connectivity index (χ2n) is 8.56. The van der Waals surface area contributed by atoms with Gasteiger partial charge in [-0.25, -0.2) is 4.39 Å². The molecule has 0 spiro atoms. The number of para-hydroxylation sites is 2. The molecule has 3 heterocycles. The van der Waals surface area contributed by atoms with Crippen molar-refractivity contribution < 1.29 is 13.9 Å². The average Bonchev–Trinajstić information content (AvgIpc) is 3.17. The van der Waals surface area contributed by atoms with Crippen molar-refractivity contribution in [3.8, 4) is 0 Å². The molecule has 0 N–H and O–H groups in total. The maximum Gasteiger partial charge on any atom is 0.275 e. The van der Waals surface area contributed by atoms with Crippen molar-refractivity contribution >= 4 is 33.4 Å². The highest BCUT2D eigenvalue weighted by atomic mass is 19.1. The van der Waals surface area contributed by atoms with E-state index in [4.69, 9.17) is 4.74 Å². The highest BCUT2D eigenvalue weighted by Crippen LogP contribution is 2.30. The number of hydrogen-bond donors (Lipinski definition) is 0. The van der Waals surface area contributed by atoms with Gasteiger partial charge in [0.1, 0.15) is 11.3 Å². The Morgan fingerprint density at radius 3 is 2.47 bits per heavy atom. The third-order valence-electron chi connectivity index (χ3n) is 6.65. The van der Waals surface area contributed by atoms with E-state index in [1.807, 2.05) is 46.8 Å². The van der Waals surface area contributed by atoms with Crippen LogP contribution in [0.1, 0.15) is 10.4 Å². The van der Waals surface area contributed by atoms with E-state index in [1.54, 1.807) is 34.9 Å². The minimum Gasteiger partial charge on any atom is -0.383 e. The van der Waals surface area contributed by atoms with Gasteiger partial charge in [-0.1, -0.05) is 30.3 Å². The van der Waals surface area contributed by atoms with Crippen molar-refractivity contribution in [3.05, 3.63) is 76.5 Å². The number of halogens is 1. The number of amides is 1. The van der Waals surface area contributed by atoms with E-state index in [0.29, 0.717) is 61.5 Å². The molecule has 1 aliphatic rings. The number of rotatable bonds is 5. The first-order valence-corrected chi connectivity index (χ1v) is 11.4. The van der Waals surface area contributed by atoms with Crippen LogP contribution in [0, 0.1) is 5.82 Å². The molecule has 34 heavy (non-hydrogen) atoms. The Bertz CT molecular complexity index is 1430. The van der Waals surface area contributed by atoms with Crippen LogP contribution in [0.5, 0.6) is 0 Å². The van der Waals surface area contributed by atoms with Crippen LogP contribution >= 0.6 is 0 Å². The number of aromatic nitrogens is 2. The van der Waals surface area contributed by atoms with Crippen molar-refractivity contribution in [1.29, 1.82) is 0 Å². The van der Waals surface area contributed by atoms with Crippen LogP contribution in [0.15, 0.2) is 59.5 Å². The van der Waals surface area contributed by atoms with Gasteiger partial charge in [0.2, 0.25) is 0 Å². The summed E-state index contributed by atoms with van der Waals surface area (Å²) in [5, 5.41) is 1.56. The summed E-state index contributed by atoms with van der Waals surface area (Å²) in [6.45, 7) is 2.73. The molecule has 0 radical (unpaired) electrons. The number of pyridine rings is 1. The zero-order chi connectivity index (χ0) is 23.8. The zero-order valence-corrected chi connectivity index (χ0v) is 19.3.